The lowest BCUT2D eigenvalue weighted by Crippen LogP contribution is -2.40. The lowest BCUT2D eigenvalue weighted by molar-refractivity contribution is -0.529. The van der Waals surface area contributed by atoms with Crippen molar-refractivity contribution in [2.45, 2.75) is 44.4 Å². The van der Waals surface area contributed by atoms with Gasteiger partial charge in [0.25, 0.3) is 0 Å². The molecule has 0 spiro atoms. The largest absolute Gasteiger partial charge is 0.497 e. The summed E-state index contributed by atoms with van der Waals surface area (Å²) in [7, 11) is 1.57. The van der Waals surface area contributed by atoms with Gasteiger partial charge in [-0.3, -0.25) is 19.8 Å². The number of likely N-dealkylation sites (tertiary alicyclic amines) is 1. The molecule has 1 aromatic heterocycles. The van der Waals surface area contributed by atoms with Gasteiger partial charge in [-0.1, -0.05) is 60.7 Å². The summed E-state index contributed by atoms with van der Waals surface area (Å²) in [5.41, 5.74) is 3.82. The molecule has 0 N–H and O–H groups in total. The number of aryl methyl sites for hydroxylation is 1. The number of nitro groups is 1. The summed E-state index contributed by atoms with van der Waals surface area (Å²) in [6.45, 7) is 4.09. The molecular weight excluding hydrogens is 508 g/mol. The second-order valence-corrected chi connectivity index (χ2v) is 9.82. The van der Waals surface area contributed by atoms with Gasteiger partial charge in [0.05, 0.1) is 31.0 Å². The molecule has 0 aliphatic carbocycles. The van der Waals surface area contributed by atoms with Crippen molar-refractivity contribution in [1.82, 2.24) is 14.7 Å². The molecule has 0 radical (unpaired) electrons. The van der Waals surface area contributed by atoms with Crippen LogP contribution in [-0.4, -0.2) is 51.4 Å². The van der Waals surface area contributed by atoms with E-state index in [1.807, 2.05) is 78.7 Å². The molecule has 0 unspecified atom stereocenters. The van der Waals surface area contributed by atoms with Crippen molar-refractivity contribution in [3.05, 3.63) is 124 Å². The number of para-hydroxylation sites is 1. The highest BCUT2D eigenvalue weighted by Gasteiger charge is 2.60. The first-order valence-electron chi connectivity index (χ1n) is 13.3. The monoisotopic (exact) mass is 540 g/mol. The van der Waals surface area contributed by atoms with Gasteiger partial charge in [0.2, 0.25) is 6.04 Å². The molecular formula is C31H32N4O5. The first-order chi connectivity index (χ1) is 19.4. The zero-order chi connectivity index (χ0) is 28.2. The van der Waals surface area contributed by atoms with Crippen LogP contribution in [0.15, 0.2) is 91.1 Å². The van der Waals surface area contributed by atoms with Crippen LogP contribution in [0.1, 0.15) is 41.3 Å². The summed E-state index contributed by atoms with van der Waals surface area (Å²) in [6, 6.07) is 23.7. The van der Waals surface area contributed by atoms with Crippen molar-refractivity contribution in [2.24, 2.45) is 0 Å². The number of aromatic nitrogens is 2. The summed E-state index contributed by atoms with van der Waals surface area (Å²) in [5, 5.41) is 17.7. The average molecular weight is 541 g/mol. The molecule has 0 amide bonds. The van der Waals surface area contributed by atoms with Gasteiger partial charge in [-0.15, -0.1) is 0 Å². The van der Waals surface area contributed by atoms with Crippen LogP contribution in [0.25, 0.3) is 5.69 Å². The number of benzene rings is 3. The fraction of sp³-hybridized carbons (Fsp3) is 0.290. The Labute approximate surface area is 233 Å². The van der Waals surface area contributed by atoms with Crippen LogP contribution in [0.4, 0.5) is 0 Å². The lowest BCUT2D eigenvalue weighted by atomic mass is 9.85. The molecule has 40 heavy (non-hydrogen) atoms. The molecule has 3 aromatic carbocycles. The molecule has 1 aliphatic rings. The van der Waals surface area contributed by atoms with Crippen molar-refractivity contribution in [2.75, 3.05) is 13.7 Å². The van der Waals surface area contributed by atoms with Crippen LogP contribution in [0.3, 0.4) is 0 Å². The first kappa shape index (κ1) is 27.1. The Balaban J connectivity index is 1.70. The minimum Gasteiger partial charge on any atom is -0.497 e. The molecule has 2 heterocycles. The van der Waals surface area contributed by atoms with Gasteiger partial charge in [-0.2, -0.15) is 5.10 Å². The summed E-state index contributed by atoms with van der Waals surface area (Å²) in [5.74, 6) is -0.625. The van der Waals surface area contributed by atoms with Gasteiger partial charge in [0.1, 0.15) is 17.8 Å². The van der Waals surface area contributed by atoms with E-state index >= 15 is 0 Å². The number of nitrogens with zero attached hydrogens (tertiary/aromatic N) is 4. The maximum Gasteiger partial charge on any atom is 0.324 e. The smallest absolute Gasteiger partial charge is 0.324 e. The molecule has 9 nitrogen and oxygen atoms in total. The normalized spacial score (nSPS) is 20.8. The van der Waals surface area contributed by atoms with Crippen LogP contribution >= 0.6 is 0 Å². The number of carbonyl (C=O) groups excluding carboxylic acids is 1. The molecule has 4 atom stereocenters. The number of esters is 1. The predicted octanol–water partition coefficient (Wildman–Crippen LogP) is 5.11. The Bertz CT molecular complexity index is 1460. The summed E-state index contributed by atoms with van der Waals surface area (Å²) < 4.78 is 12.6. The van der Waals surface area contributed by atoms with Crippen LogP contribution in [0.5, 0.6) is 5.75 Å². The Kier molecular flexibility index (Phi) is 7.93. The Morgan fingerprint density at radius 3 is 2.25 bits per heavy atom. The quantitative estimate of drug-likeness (QED) is 0.165. The summed E-state index contributed by atoms with van der Waals surface area (Å²) in [4.78, 5) is 28.3. The van der Waals surface area contributed by atoms with Crippen molar-refractivity contribution in [3.8, 4) is 11.4 Å². The van der Waals surface area contributed by atoms with Gasteiger partial charge < -0.3 is 9.47 Å². The highest BCUT2D eigenvalue weighted by Crippen LogP contribution is 2.49. The summed E-state index contributed by atoms with van der Waals surface area (Å²) in [6.07, 6.45) is 1.85. The minimum absolute atomic E-state index is 0.169. The van der Waals surface area contributed by atoms with E-state index in [1.54, 1.807) is 43.0 Å². The highest BCUT2D eigenvalue weighted by molar-refractivity contribution is 5.78. The fourth-order valence-corrected chi connectivity index (χ4v) is 5.75. The Hall–Kier alpha value is -4.50. The molecule has 1 aliphatic heterocycles. The van der Waals surface area contributed by atoms with E-state index in [-0.39, 0.29) is 11.5 Å². The lowest BCUT2D eigenvalue weighted by Gasteiger charge is -2.29. The summed E-state index contributed by atoms with van der Waals surface area (Å²) >= 11 is 0. The SMILES string of the molecule is CCOC(=O)[C@@H]1[C@H](c2ccc(OC)cc2)[C@H]([N+](=O)[O-])[C@H](c2cn(-c3ccccc3)nc2C)N1Cc1ccccc1. The van der Waals surface area contributed by atoms with E-state index in [0.717, 1.165) is 11.3 Å². The number of rotatable bonds is 9. The fourth-order valence-electron chi connectivity index (χ4n) is 5.75. The standard InChI is InChI=1S/C31H32N4O5/c1-4-40-31(36)30-27(23-15-17-25(39-3)18-16-23)29(35(37)38)28(33(30)19-22-11-7-5-8-12-22)26-20-34(32-21(26)2)24-13-9-6-10-14-24/h5-18,20,27-30H,4,19H2,1-3H3/t27-,28+,29+,30+/m1/s1. The first-order valence-corrected chi connectivity index (χ1v) is 13.3. The van der Waals surface area contributed by atoms with E-state index in [9.17, 15) is 14.9 Å². The number of ether oxygens (including phenoxy) is 2. The number of carbonyl (C=O) groups is 1. The van der Waals surface area contributed by atoms with E-state index in [0.29, 0.717) is 29.1 Å². The van der Waals surface area contributed by atoms with Gasteiger partial charge in [-0.25, -0.2) is 4.68 Å². The van der Waals surface area contributed by atoms with Crippen molar-refractivity contribution in [3.63, 3.8) is 0 Å². The third-order valence-corrected chi connectivity index (χ3v) is 7.50. The van der Waals surface area contributed by atoms with Gasteiger partial charge in [-0.05, 0) is 49.2 Å². The zero-order valence-electron chi connectivity index (χ0n) is 22.7. The molecule has 9 heteroatoms. The molecule has 5 rings (SSSR count). The molecule has 206 valence electrons. The average Bonchev–Trinajstić information content (AvgIpc) is 3.52. The molecule has 0 bridgehead atoms. The van der Waals surface area contributed by atoms with E-state index in [4.69, 9.17) is 14.6 Å². The van der Waals surface area contributed by atoms with Crippen LogP contribution in [0.2, 0.25) is 0 Å². The van der Waals surface area contributed by atoms with E-state index in [2.05, 4.69) is 0 Å². The van der Waals surface area contributed by atoms with E-state index in [1.165, 1.54) is 0 Å². The number of methoxy groups -OCH3 is 1. The Morgan fingerprint density at radius 1 is 1.00 bits per heavy atom. The second kappa shape index (κ2) is 11.7. The second-order valence-electron chi connectivity index (χ2n) is 9.82. The van der Waals surface area contributed by atoms with Crippen molar-refractivity contribution >= 4 is 5.97 Å². The van der Waals surface area contributed by atoms with Crippen molar-refractivity contribution < 1.29 is 19.2 Å². The molecule has 1 fully saturated rings. The van der Waals surface area contributed by atoms with Crippen LogP contribution < -0.4 is 4.74 Å². The van der Waals surface area contributed by atoms with E-state index < -0.39 is 30.0 Å². The number of hydrogen-bond donors (Lipinski definition) is 0. The Morgan fingerprint density at radius 2 is 1.65 bits per heavy atom. The zero-order valence-corrected chi connectivity index (χ0v) is 22.7. The maximum absolute atomic E-state index is 13.7. The van der Waals surface area contributed by atoms with Crippen molar-refractivity contribution in [1.29, 1.82) is 0 Å². The van der Waals surface area contributed by atoms with Gasteiger partial charge in [0.15, 0.2) is 0 Å². The van der Waals surface area contributed by atoms with Crippen LogP contribution in [0, 0.1) is 17.0 Å². The predicted molar refractivity (Wildman–Crippen MR) is 150 cm³/mol. The third-order valence-electron chi connectivity index (χ3n) is 7.50. The van der Waals surface area contributed by atoms with Gasteiger partial charge >= 0.3 is 5.97 Å². The molecule has 4 aromatic rings. The minimum atomic E-state index is -1.14. The third kappa shape index (κ3) is 5.20. The molecule has 1 saturated heterocycles. The highest BCUT2D eigenvalue weighted by atomic mass is 16.6. The van der Waals surface area contributed by atoms with Crippen LogP contribution in [-0.2, 0) is 16.1 Å². The molecule has 0 saturated carbocycles. The van der Waals surface area contributed by atoms with Gasteiger partial charge in [0, 0.05) is 23.2 Å². The number of hydrogen-bond acceptors (Lipinski definition) is 7. The topological polar surface area (TPSA) is 99.7 Å². The maximum atomic E-state index is 13.7.